The highest BCUT2D eigenvalue weighted by Gasteiger charge is 2.45. The van der Waals surface area contributed by atoms with E-state index in [1.807, 2.05) is 18.5 Å². The standard InChI is InChI=1S/C20H22ClN5O4S/c1-13-7-19(26(23-13)10-14-9-22-12-24(14)2)25-11-15(8-17(25)20(27)28)31(29,30)18-6-4-3-5-16(18)21/h3-7,9,12,15,17H,8,10-11H2,1-2H3,(H,27,28)/t15-,17+/m1/s1. The van der Waals surface area contributed by atoms with Crippen LogP contribution in [-0.4, -0.2) is 56.7 Å². The molecule has 3 aromatic rings. The molecule has 0 saturated carbocycles. The van der Waals surface area contributed by atoms with Crippen molar-refractivity contribution in [2.24, 2.45) is 7.05 Å². The molecule has 1 aliphatic heterocycles. The Bertz CT molecular complexity index is 1240. The van der Waals surface area contributed by atoms with Gasteiger partial charge in [0.1, 0.15) is 11.9 Å². The highest BCUT2D eigenvalue weighted by atomic mass is 35.5. The molecule has 31 heavy (non-hydrogen) atoms. The van der Waals surface area contributed by atoms with E-state index in [0.29, 0.717) is 18.1 Å². The van der Waals surface area contributed by atoms with Crippen LogP contribution in [0.2, 0.25) is 5.02 Å². The van der Waals surface area contributed by atoms with Crippen LogP contribution in [-0.2, 0) is 28.2 Å². The van der Waals surface area contributed by atoms with E-state index in [-0.39, 0.29) is 22.9 Å². The number of halogens is 1. The molecule has 164 valence electrons. The van der Waals surface area contributed by atoms with E-state index in [0.717, 1.165) is 5.69 Å². The lowest BCUT2D eigenvalue weighted by Gasteiger charge is -2.24. The van der Waals surface area contributed by atoms with Crippen LogP contribution in [0.5, 0.6) is 0 Å². The van der Waals surface area contributed by atoms with Crippen LogP contribution < -0.4 is 4.90 Å². The number of hydrogen-bond donors (Lipinski definition) is 1. The Balaban J connectivity index is 1.70. The molecule has 0 unspecified atom stereocenters. The molecule has 2 aromatic heterocycles. The van der Waals surface area contributed by atoms with Crippen molar-refractivity contribution < 1.29 is 18.3 Å². The summed E-state index contributed by atoms with van der Waals surface area (Å²) in [4.78, 5) is 17.8. The van der Waals surface area contributed by atoms with Crippen molar-refractivity contribution in [1.82, 2.24) is 19.3 Å². The van der Waals surface area contributed by atoms with E-state index in [1.165, 1.54) is 12.1 Å². The van der Waals surface area contributed by atoms with Crippen LogP contribution in [0.1, 0.15) is 17.8 Å². The molecule has 1 aromatic carbocycles. The van der Waals surface area contributed by atoms with Crippen molar-refractivity contribution in [3.63, 3.8) is 0 Å². The molecular weight excluding hydrogens is 442 g/mol. The molecule has 0 spiro atoms. The summed E-state index contributed by atoms with van der Waals surface area (Å²) in [7, 11) is -1.96. The Morgan fingerprint density at radius 1 is 1.32 bits per heavy atom. The minimum absolute atomic E-state index is 0.0206. The number of hydrogen-bond acceptors (Lipinski definition) is 6. The lowest BCUT2D eigenvalue weighted by atomic mass is 10.2. The SMILES string of the molecule is Cc1cc(N2C[C@H](S(=O)(=O)c3ccccc3Cl)C[C@H]2C(=O)O)n(Cc2cncn2C)n1. The number of benzene rings is 1. The van der Waals surface area contributed by atoms with E-state index < -0.39 is 27.1 Å². The first-order valence-corrected chi connectivity index (χ1v) is 11.6. The molecule has 0 bridgehead atoms. The summed E-state index contributed by atoms with van der Waals surface area (Å²) in [5.74, 6) is -0.522. The predicted molar refractivity (Wildman–Crippen MR) is 115 cm³/mol. The fourth-order valence-electron chi connectivity index (χ4n) is 3.93. The molecule has 1 fully saturated rings. The monoisotopic (exact) mass is 463 g/mol. The van der Waals surface area contributed by atoms with E-state index in [9.17, 15) is 18.3 Å². The summed E-state index contributed by atoms with van der Waals surface area (Å²) in [6.45, 7) is 2.22. The Hall–Kier alpha value is -2.85. The van der Waals surface area contributed by atoms with Gasteiger partial charge in [-0.15, -0.1) is 0 Å². The third-order valence-corrected chi connectivity index (χ3v) is 8.16. The number of aliphatic carboxylic acids is 1. The maximum Gasteiger partial charge on any atom is 0.326 e. The first kappa shape index (κ1) is 21.4. The van der Waals surface area contributed by atoms with Crippen molar-refractivity contribution >= 4 is 33.2 Å². The molecule has 1 N–H and O–H groups in total. The van der Waals surface area contributed by atoms with Crippen molar-refractivity contribution in [3.05, 3.63) is 59.3 Å². The van der Waals surface area contributed by atoms with Crippen molar-refractivity contribution in [3.8, 4) is 0 Å². The van der Waals surface area contributed by atoms with Gasteiger partial charge in [-0.25, -0.2) is 22.9 Å². The van der Waals surface area contributed by atoms with E-state index in [2.05, 4.69) is 10.1 Å². The zero-order chi connectivity index (χ0) is 22.3. The minimum atomic E-state index is -3.82. The van der Waals surface area contributed by atoms with Crippen LogP contribution in [0, 0.1) is 6.92 Å². The fraction of sp³-hybridized carbons (Fsp3) is 0.350. The maximum atomic E-state index is 13.3. The number of aromatic nitrogens is 4. The summed E-state index contributed by atoms with van der Waals surface area (Å²) < 4.78 is 30.0. The van der Waals surface area contributed by atoms with Crippen LogP contribution in [0.25, 0.3) is 0 Å². The van der Waals surface area contributed by atoms with Gasteiger partial charge in [-0.2, -0.15) is 5.10 Å². The van der Waals surface area contributed by atoms with Crippen molar-refractivity contribution in [1.29, 1.82) is 0 Å². The second kappa shape index (κ2) is 8.01. The number of imidazole rings is 1. The van der Waals surface area contributed by atoms with Gasteiger partial charge in [0.2, 0.25) is 0 Å². The summed E-state index contributed by atoms with van der Waals surface area (Å²) in [5, 5.41) is 13.6. The largest absolute Gasteiger partial charge is 0.480 e. The second-order valence-corrected chi connectivity index (χ2v) is 10.2. The average Bonchev–Trinajstić information content (AvgIpc) is 3.41. The van der Waals surface area contributed by atoms with Gasteiger partial charge < -0.3 is 14.6 Å². The quantitative estimate of drug-likeness (QED) is 0.596. The smallest absolute Gasteiger partial charge is 0.326 e. The predicted octanol–water partition coefficient (Wildman–Crippen LogP) is 2.13. The zero-order valence-electron chi connectivity index (χ0n) is 17.0. The molecule has 0 aliphatic carbocycles. The number of carbonyl (C=O) groups is 1. The highest BCUT2D eigenvalue weighted by molar-refractivity contribution is 7.92. The molecule has 1 saturated heterocycles. The topological polar surface area (TPSA) is 110 Å². The molecule has 0 radical (unpaired) electrons. The summed E-state index contributed by atoms with van der Waals surface area (Å²) >= 11 is 6.13. The third-order valence-electron chi connectivity index (χ3n) is 5.53. The number of carboxylic acid groups (broad SMARTS) is 1. The number of anilines is 1. The number of nitrogens with zero attached hydrogens (tertiary/aromatic N) is 5. The highest BCUT2D eigenvalue weighted by Crippen LogP contribution is 2.34. The van der Waals surface area contributed by atoms with E-state index in [4.69, 9.17) is 11.6 Å². The Kier molecular flexibility index (Phi) is 5.52. The second-order valence-electron chi connectivity index (χ2n) is 7.64. The molecule has 0 amide bonds. The summed E-state index contributed by atoms with van der Waals surface area (Å²) in [6.07, 6.45) is 3.34. The van der Waals surface area contributed by atoms with E-state index in [1.54, 1.807) is 40.3 Å². The van der Waals surface area contributed by atoms with Gasteiger partial charge in [0, 0.05) is 19.7 Å². The first-order chi connectivity index (χ1) is 14.7. The van der Waals surface area contributed by atoms with Crippen LogP contribution in [0.4, 0.5) is 5.82 Å². The maximum absolute atomic E-state index is 13.3. The zero-order valence-corrected chi connectivity index (χ0v) is 18.6. The van der Waals surface area contributed by atoms with Crippen LogP contribution in [0.15, 0.2) is 47.8 Å². The molecule has 2 atom stereocenters. The molecule has 1 aliphatic rings. The van der Waals surface area contributed by atoms with Gasteiger partial charge in [-0.05, 0) is 25.5 Å². The van der Waals surface area contributed by atoms with Crippen LogP contribution in [0.3, 0.4) is 0 Å². The number of aryl methyl sites for hydroxylation is 2. The fourth-order valence-corrected chi connectivity index (χ4v) is 6.15. The van der Waals surface area contributed by atoms with Gasteiger partial charge >= 0.3 is 5.97 Å². The lowest BCUT2D eigenvalue weighted by molar-refractivity contribution is -0.138. The summed E-state index contributed by atoms with van der Waals surface area (Å²) in [5.41, 5.74) is 1.59. The van der Waals surface area contributed by atoms with Gasteiger partial charge in [-0.3, -0.25) is 0 Å². The van der Waals surface area contributed by atoms with Gasteiger partial charge in [0.15, 0.2) is 9.84 Å². The molecular formula is C20H22ClN5O4S. The van der Waals surface area contributed by atoms with Crippen molar-refractivity contribution in [2.75, 3.05) is 11.4 Å². The summed E-state index contributed by atoms with van der Waals surface area (Å²) in [6, 6.07) is 7.00. The van der Waals surface area contributed by atoms with Gasteiger partial charge in [0.05, 0.1) is 45.6 Å². The minimum Gasteiger partial charge on any atom is -0.480 e. The van der Waals surface area contributed by atoms with E-state index >= 15 is 0 Å². The molecule has 11 heteroatoms. The normalized spacial score (nSPS) is 19.1. The Morgan fingerprint density at radius 2 is 2.06 bits per heavy atom. The molecule has 9 nitrogen and oxygen atoms in total. The number of carboxylic acids is 1. The Labute approximate surface area is 184 Å². The van der Waals surface area contributed by atoms with Crippen LogP contribution >= 0.6 is 11.6 Å². The van der Waals surface area contributed by atoms with Gasteiger partial charge in [0.25, 0.3) is 0 Å². The Morgan fingerprint density at radius 3 is 2.71 bits per heavy atom. The number of rotatable bonds is 6. The average molecular weight is 464 g/mol. The molecule has 3 heterocycles. The van der Waals surface area contributed by atoms with Gasteiger partial charge in [-0.1, -0.05) is 23.7 Å². The van der Waals surface area contributed by atoms with Crippen molar-refractivity contribution in [2.45, 2.75) is 36.1 Å². The lowest BCUT2D eigenvalue weighted by Crippen LogP contribution is -2.37. The first-order valence-electron chi connectivity index (χ1n) is 9.66. The third kappa shape index (κ3) is 3.92. The molecule has 4 rings (SSSR count). The number of sulfone groups is 1.